The Balaban J connectivity index is 0.00000158. The summed E-state index contributed by atoms with van der Waals surface area (Å²) < 4.78 is 7.54. The number of hydrogen-bond donors (Lipinski definition) is 2. The fourth-order valence-electron chi connectivity index (χ4n) is 4.37. The van der Waals surface area contributed by atoms with Gasteiger partial charge in [-0.1, -0.05) is 37.7 Å². The highest BCUT2D eigenvalue weighted by Crippen LogP contribution is 2.36. The van der Waals surface area contributed by atoms with E-state index < -0.39 is 11.5 Å². The van der Waals surface area contributed by atoms with Crippen LogP contribution in [0.15, 0.2) is 29.7 Å². The van der Waals surface area contributed by atoms with E-state index in [1.807, 2.05) is 65.4 Å². The molecule has 34 heavy (non-hydrogen) atoms. The highest BCUT2D eigenvalue weighted by Gasteiger charge is 2.28. The summed E-state index contributed by atoms with van der Waals surface area (Å²) in [6, 6.07) is 4.10. The van der Waals surface area contributed by atoms with Crippen molar-refractivity contribution in [3.05, 3.63) is 30.1 Å². The molecule has 2 amide bonds. The molecule has 0 aliphatic heterocycles. The molecule has 3 aromatic rings. The van der Waals surface area contributed by atoms with Gasteiger partial charge in [0.1, 0.15) is 5.60 Å². The minimum Gasteiger partial charge on any atom is -0.444 e. The van der Waals surface area contributed by atoms with Gasteiger partial charge in [-0.2, -0.15) is 0 Å². The van der Waals surface area contributed by atoms with E-state index in [1.54, 1.807) is 0 Å². The molecule has 184 valence electrons. The van der Waals surface area contributed by atoms with Gasteiger partial charge in [0.2, 0.25) is 0 Å². The number of aromatic nitrogens is 3. The standard InChI is InChI=1S/C23H29N5O3S.C2H6/c1-23(2,3)31-22(30)26-14-6-8-15(9-7-14)28-12-17(20(24)29)16-10-5-13-11-25-21(32-4)27-18(13)19(16)28;1-2/h5,10-12,14-15H,6-9H2,1-4H3,(H2,24,29)(H,26,30);1-2H3. The Morgan fingerprint density at radius 3 is 2.44 bits per heavy atom. The van der Waals surface area contributed by atoms with E-state index >= 15 is 0 Å². The maximum Gasteiger partial charge on any atom is 0.407 e. The van der Waals surface area contributed by atoms with Crippen LogP contribution in [0.4, 0.5) is 4.79 Å². The third-order valence-corrected chi connectivity index (χ3v) is 6.34. The SMILES string of the molecule is CC.CSc1ncc2ccc3c(C(N)=O)cn(C4CCC(NC(=O)OC(C)(C)C)CC4)c3c2n1. The second-order valence-corrected chi connectivity index (χ2v) is 10.00. The molecule has 0 bridgehead atoms. The Bertz CT molecular complexity index is 1180. The lowest BCUT2D eigenvalue weighted by atomic mass is 9.91. The molecule has 2 heterocycles. The largest absolute Gasteiger partial charge is 0.444 e. The number of rotatable bonds is 4. The van der Waals surface area contributed by atoms with Crippen molar-refractivity contribution in [2.24, 2.45) is 5.73 Å². The molecule has 1 aliphatic rings. The third kappa shape index (κ3) is 5.63. The van der Waals surface area contributed by atoms with E-state index in [9.17, 15) is 9.59 Å². The number of nitrogens with two attached hydrogens (primary N) is 1. The predicted octanol–water partition coefficient (Wildman–Crippen LogP) is 5.44. The number of benzene rings is 1. The van der Waals surface area contributed by atoms with Gasteiger partial charge in [-0.3, -0.25) is 4.79 Å². The summed E-state index contributed by atoms with van der Waals surface area (Å²) in [5, 5.41) is 5.40. The monoisotopic (exact) mass is 485 g/mol. The molecular formula is C25H35N5O3S. The van der Waals surface area contributed by atoms with Crippen molar-refractivity contribution in [1.82, 2.24) is 19.9 Å². The minimum absolute atomic E-state index is 0.0701. The summed E-state index contributed by atoms with van der Waals surface area (Å²) in [5.74, 6) is -0.451. The lowest BCUT2D eigenvalue weighted by molar-refractivity contribution is 0.0488. The Kier molecular flexibility index (Phi) is 8.07. The number of primary amides is 1. The molecule has 1 aromatic carbocycles. The summed E-state index contributed by atoms with van der Waals surface area (Å²) in [7, 11) is 0. The van der Waals surface area contributed by atoms with Crippen molar-refractivity contribution >= 4 is 45.6 Å². The maximum absolute atomic E-state index is 12.2. The van der Waals surface area contributed by atoms with Crippen LogP contribution in [0.1, 0.15) is 76.7 Å². The minimum atomic E-state index is -0.519. The first kappa shape index (κ1) is 25.8. The molecule has 1 aliphatic carbocycles. The van der Waals surface area contributed by atoms with Gasteiger partial charge in [0.25, 0.3) is 5.91 Å². The zero-order valence-corrected chi connectivity index (χ0v) is 21.7. The first-order valence-corrected chi connectivity index (χ1v) is 13.0. The number of nitrogens with one attached hydrogen (secondary N) is 1. The van der Waals surface area contributed by atoms with Gasteiger partial charge in [0.05, 0.1) is 16.6 Å². The summed E-state index contributed by atoms with van der Waals surface area (Å²) in [4.78, 5) is 33.4. The van der Waals surface area contributed by atoms with Gasteiger partial charge in [-0.25, -0.2) is 14.8 Å². The zero-order valence-electron chi connectivity index (χ0n) is 20.8. The number of fused-ring (bicyclic) bond motifs is 3. The lowest BCUT2D eigenvalue weighted by Gasteiger charge is -2.31. The van der Waals surface area contributed by atoms with Gasteiger partial charge in [0, 0.05) is 35.2 Å². The first-order chi connectivity index (χ1) is 16.2. The Labute approximate surface area is 205 Å². The van der Waals surface area contributed by atoms with Gasteiger partial charge in [0.15, 0.2) is 5.16 Å². The van der Waals surface area contributed by atoms with E-state index in [2.05, 4.69) is 14.9 Å². The molecule has 0 saturated heterocycles. The number of carbonyl (C=O) groups excluding carboxylic acids is 2. The van der Waals surface area contributed by atoms with Crippen molar-refractivity contribution in [1.29, 1.82) is 0 Å². The quantitative estimate of drug-likeness (QED) is 0.376. The van der Waals surface area contributed by atoms with Crippen molar-refractivity contribution in [2.45, 2.75) is 83.1 Å². The molecule has 0 unspecified atom stereocenters. The molecule has 0 spiro atoms. The Morgan fingerprint density at radius 1 is 1.18 bits per heavy atom. The predicted molar refractivity (Wildman–Crippen MR) is 137 cm³/mol. The molecular weight excluding hydrogens is 450 g/mol. The smallest absolute Gasteiger partial charge is 0.407 e. The normalized spacial score (nSPS) is 18.3. The zero-order chi connectivity index (χ0) is 25.0. The van der Waals surface area contributed by atoms with Crippen LogP contribution >= 0.6 is 11.8 Å². The molecule has 3 N–H and O–H groups in total. The summed E-state index contributed by atoms with van der Waals surface area (Å²) in [5.41, 5.74) is 7.42. The van der Waals surface area contributed by atoms with Crippen molar-refractivity contribution in [3.8, 4) is 0 Å². The summed E-state index contributed by atoms with van der Waals surface area (Å²) in [6.07, 6.45) is 8.61. The topological polar surface area (TPSA) is 112 Å². The van der Waals surface area contributed by atoms with E-state index in [0.717, 1.165) is 47.5 Å². The van der Waals surface area contributed by atoms with Crippen LogP contribution in [-0.4, -0.2) is 44.4 Å². The van der Waals surface area contributed by atoms with Crippen LogP contribution < -0.4 is 11.1 Å². The number of alkyl carbamates (subject to hydrolysis) is 1. The molecule has 8 nitrogen and oxygen atoms in total. The lowest BCUT2D eigenvalue weighted by Crippen LogP contribution is -2.41. The summed E-state index contributed by atoms with van der Waals surface area (Å²) in [6.45, 7) is 9.56. The van der Waals surface area contributed by atoms with E-state index in [-0.39, 0.29) is 18.2 Å². The number of ether oxygens (including phenoxy) is 1. The van der Waals surface area contributed by atoms with Crippen LogP contribution in [0.2, 0.25) is 0 Å². The van der Waals surface area contributed by atoms with Crippen LogP contribution in [-0.2, 0) is 4.74 Å². The fraction of sp³-hybridized carbons (Fsp3) is 0.520. The first-order valence-electron chi connectivity index (χ1n) is 11.8. The number of amides is 2. The number of hydrogen-bond acceptors (Lipinski definition) is 6. The van der Waals surface area contributed by atoms with Crippen molar-refractivity contribution < 1.29 is 14.3 Å². The fourth-order valence-corrected chi connectivity index (χ4v) is 4.71. The maximum atomic E-state index is 12.2. The van der Waals surface area contributed by atoms with Crippen LogP contribution in [0, 0.1) is 0 Å². The second-order valence-electron chi connectivity index (χ2n) is 9.22. The molecule has 0 atom stereocenters. The molecule has 0 radical (unpaired) electrons. The van der Waals surface area contributed by atoms with Crippen molar-refractivity contribution in [2.75, 3.05) is 6.26 Å². The van der Waals surface area contributed by atoms with Crippen LogP contribution in [0.5, 0.6) is 0 Å². The molecule has 4 rings (SSSR count). The second kappa shape index (κ2) is 10.6. The number of thioether (sulfide) groups is 1. The highest BCUT2D eigenvalue weighted by atomic mass is 32.2. The highest BCUT2D eigenvalue weighted by molar-refractivity contribution is 7.98. The van der Waals surface area contributed by atoms with E-state index in [1.165, 1.54) is 11.8 Å². The van der Waals surface area contributed by atoms with Gasteiger partial charge >= 0.3 is 6.09 Å². The molecule has 2 aromatic heterocycles. The van der Waals surface area contributed by atoms with Crippen molar-refractivity contribution in [3.63, 3.8) is 0 Å². The van der Waals surface area contributed by atoms with E-state index in [0.29, 0.717) is 10.7 Å². The molecule has 1 fully saturated rings. The van der Waals surface area contributed by atoms with Crippen LogP contribution in [0.25, 0.3) is 21.8 Å². The molecule has 9 heteroatoms. The third-order valence-electron chi connectivity index (χ3n) is 5.78. The number of carbonyl (C=O) groups is 2. The van der Waals surface area contributed by atoms with Gasteiger partial charge < -0.3 is 20.4 Å². The van der Waals surface area contributed by atoms with E-state index in [4.69, 9.17) is 15.5 Å². The number of nitrogens with zero attached hydrogens (tertiary/aromatic N) is 3. The Morgan fingerprint density at radius 2 is 1.85 bits per heavy atom. The van der Waals surface area contributed by atoms with Crippen LogP contribution in [0.3, 0.4) is 0 Å². The van der Waals surface area contributed by atoms with Gasteiger partial charge in [-0.05, 0) is 52.7 Å². The average Bonchev–Trinajstić information content (AvgIpc) is 3.20. The Hall–Kier alpha value is -2.81. The average molecular weight is 486 g/mol. The van der Waals surface area contributed by atoms with Gasteiger partial charge in [-0.15, -0.1) is 0 Å². The summed E-state index contributed by atoms with van der Waals surface area (Å²) >= 11 is 1.48. The molecule has 1 saturated carbocycles.